The van der Waals surface area contributed by atoms with Crippen molar-refractivity contribution in [1.82, 2.24) is 15.0 Å². The minimum atomic E-state index is -0.310. The summed E-state index contributed by atoms with van der Waals surface area (Å²) >= 11 is 0. The second kappa shape index (κ2) is 3.19. The Hall–Kier alpha value is -1.31. The number of nitrogens with one attached hydrogen (secondary N) is 1. The monoisotopic (exact) mass is 150 g/mol. The Labute approximate surface area is 65.4 Å². The molecule has 0 saturated carbocycles. The Morgan fingerprint density at radius 3 is 3.00 bits per heavy atom. The van der Waals surface area contributed by atoms with Gasteiger partial charge in [0.15, 0.2) is 0 Å². The summed E-state index contributed by atoms with van der Waals surface area (Å²) < 4.78 is 1.82. The Morgan fingerprint density at radius 1 is 1.91 bits per heavy atom. The van der Waals surface area contributed by atoms with E-state index >= 15 is 0 Å². The lowest BCUT2D eigenvalue weighted by molar-refractivity contribution is 0.610. The van der Waals surface area contributed by atoms with E-state index in [1.165, 1.54) is 0 Å². The number of hydrogen-bond acceptors (Lipinski definition) is 3. The van der Waals surface area contributed by atoms with Crippen LogP contribution in [0.1, 0.15) is 11.9 Å². The van der Waals surface area contributed by atoms with Gasteiger partial charge in [0.05, 0.1) is 0 Å². The summed E-state index contributed by atoms with van der Waals surface area (Å²) in [5, 5.41) is 0. The zero-order valence-corrected chi connectivity index (χ0v) is 6.28. The smallest absolute Gasteiger partial charge is 0.140 e. The molecule has 4 heteroatoms. The van der Waals surface area contributed by atoms with E-state index < -0.39 is 0 Å². The number of hydrazine groups is 1. The van der Waals surface area contributed by atoms with Crippen molar-refractivity contribution in [2.45, 2.75) is 6.04 Å². The van der Waals surface area contributed by atoms with Crippen molar-refractivity contribution in [2.75, 3.05) is 0 Å². The number of aryl methyl sites for hydroxylation is 1. The molecule has 0 saturated heterocycles. The summed E-state index contributed by atoms with van der Waals surface area (Å²) in [6.45, 7) is 0. The normalized spacial score (nSPS) is 12.5. The Balaban J connectivity index is 2.92. The minimum Gasteiger partial charge on any atom is -0.336 e. The molecule has 0 amide bonds. The molecule has 0 aromatic carbocycles. The van der Waals surface area contributed by atoms with Crippen LogP contribution in [0.2, 0.25) is 0 Å². The van der Waals surface area contributed by atoms with Gasteiger partial charge in [0.1, 0.15) is 11.9 Å². The Kier molecular flexibility index (Phi) is 2.26. The van der Waals surface area contributed by atoms with Crippen molar-refractivity contribution in [1.29, 1.82) is 0 Å². The lowest BCUT2D eigenvalue weighted by atomic mass is 10.3. The molecule has 1 atom stereocenters. The first-order chi connectivity index (χ1) is 5.29. The molecule has 0 aliphatic heterocycles. The molecule has 0 fully saturated rings. The molecule has 1 aromatic heterocycles. The van der Waals surface area contributed by atoms with Crippen LogP contribution < -0.4 is 11.3 Å². The van der Waals surface area contributed by atoms with Gasteiger partial charge in [-0.2, -0.15) is 0 Å². The van der Waals surface area contributed by atoms with E-state index in [9.17, 15) is 0 Å². The van der Waals surface area contributed by atoms with Crippen molar-refractivity contribution < 1.29 is 0 Å². The summed E-state index contributed by atoms with van der Waals surface area (Å²) in [7, 11) is 1.87. The maximum absolute atomic E-state index is 5.20. The zero-order valence-electron chi connectivity index (χ0n) is 6.28. The first kappa shape index (κ1) is 7.79. The third-order valence-electron chi connectivity index (χ3n) is 1.45. The summed E-state index contributed by atoms with van der Waals surface area (Å²) in [4.78, 5) is 4.04. The highest BCUT2D eigenvalue weighted by molar-refractivity contribution is 5.11. The van der Waals surface area contributed by atoms with Crippen LogP contribution >= 0.6 is 0 Å². The van der Waals surface area contributed by atoms with Crippen molar-refractivity contribution in [2.24, 2.45) is 12.9 Å². The van der Waals surface area contributed by atoms with Crippen molar-refractivity contribution in [3.8, 4) is 12.3 Å². The van der Waals surface area contributed by atoms with E-state index in [4.69, 9.17) is 12.3 Å². The van der Waals surface area contributed by atoms with E-state index in [1.807, 2.05) is 17.8 Å². The van der Waals surface area contributed by atoms with E-state index in [1.54, 1.807) is 6.20 Å². The molecule has 0 spiro atoms. The molecule has 1 heterocycles. The molecule has 4 nitrogen and oxygen atoms in total. The number of nitrogens with two attached hydrogens (primary N) is 1. The van der Waals surface area contributed by atoms with Gasteiger partial charge in [-0.15, -0.1) is 6.42 Å². The molecule has 58 valence electrons. The van der Waals surface area contributed by atoms with Crippen molar-refractivity contribution in [3.63, 3.8) is 0 Å². The number of hydrogen-bond donors (Lipinski definition) is 2. The molecule has 11 heavy (non-hydrogen) atoms. The number of terminal acetylenes is 1. The molecule has 1 aromatic rings. The minimum absolute atomic E-state index is 0.310. The van der Waals surface area contributed by atoms with E-state index in [2.05, 4.69) is 16.3 Å². The van der Waals surface area contributed by atoms with Gasteiger partial charge >= 0.3 is 0 Å². The summed E-state index contributed by atoms with van der Waals surface area (Å²) in [5.41, 5.74) is 2.48. The fraction of sp³-hybridized carbons (Fsp3) is 0.286. The molecule has 0 aliphatic carbocycles. The van der Waals surface area contributed by atoms with Crippen LogP contribution in [0, 0.1) is 12.3 Å². The van der Waals surface area contributed by atoms with E-state index in [0.717, 1.165) is 5.82 Å². The van der Waals surface area contributed by atoms with Crippen LogP contribution in [0.3, 0.4) is 0 Å². The largest absolute Gasteiger partial charge is 0.336 e. The molecule has 1 unspecified atom stereocenters. The van der Waals surface area contributed by atoms with E-state index in [0.29, 0.717) is 0 Å². The maximum Gasteiger partial charge on any atom is 0.140 e. The zero-order chi connectivity index (χ0) is 8.27. The summed E-state index contributed by atoms with van der Waals surface area (Å²) in [6, 6.07) is -0.310. The molecule has 0 radical (unpaired) electrons. The van der Waals surface area contributed by atoms with Crippen molar-refractivity contribution >= 4 is 0 Å². The molecule has 0 bridgehead atoms. The number of rotatable bonds is 2. The van der Waals surface area contributed by atoms with Crippen LogP contribution in [0.4, 0.5) is 0 Å². The highest BCUT2D eigenvalue weighted by Crippen LogP contribution is 2.05. The van der Waals surface area contributed by atoms with Gasteiger partial charge in [-0.1, -0.05) is 5.92 Å². The van der Waals surface area contributed by atoms with Crippen LogP contribution in [0.15, 0.2) is 12.4 Å². The summed E-state index contributed by atoms with van der Waals surface area (Å²) in [6.07, 6.45) is 8.69. The fourth-order valence-electron chi connectivity index (χ4n) is 0.852. The number of aromatic nitrogens is 2. The fourth-order valence-corrected chi connectivity index (χ4v) is 0.852. The maximum atomic E-state index is 5.20. The highest BCUT2D eigenvalue weighted by atomic mass is 15.3. The number of imidazole rings is 1. The molecule has 3 N–H and O–H groups in total. The van der Waals surface area contributed by atoms with Crippen LogP contribution in [0.25, 0.3) is 0 Å². The van der Waals surface area contributed by atoms with Crippen LogP contribution in [0.5, 0.6) is 0 Å². The van der Waals surface area contributed by atoms with Gasteiger partial charge < -0.3 is 4.57 Å². The van der Waals surface area contributed by atoms with Gasteiger partial charge in [-0.05, 0) is 0 Å². The van der Waals surface area contributed by atoms with Gasteiger partial charge in [-0.25, -0.2) is 10.4 Å². The molecular formula is C7H10N4. The predicted octanol–water partition coefficient (Wildman–Crippen LogP) is -0.442. The topological polar surface area (TPSA) is 55.9 Å². The third-order valence-corrected chi connectivity index (χ3v) is 1.45. The summed E-state index contributed by atoms with van der Waals surface area (Å²) in [5.74, 6) is 8.42. The molecule has 1 rings (SSSR count). The average molecular weight is 150 g/mol. The van der Waals surface area contributed by atoms with Crippen LogP contribution in [-0.4, -0.2) is 9.55 Å². The van der Waals surface area contributed by atoms with Crippen LogP contribution in [-0.2, 0) is 7.05 Å². The quantitative estimate of drug-likeness (QED) is 0.341. The third kappa shape index (κ3) is 1.40. The van der Waals surface area contributed by atoms with Gasteiger partial charge in [0.2, 0.25) is 0 Å². The van der Waals surface area contributed by atoms with Gasteiger partial charge in [0.25, 0.3) is 0 Å². The highest BCUT2D eigenvalue weighted by Gasteiger charge is 2.09. The Morgan fingerprint density at radius 2 is 2.64 bits per heavy atom. The molecular weight excluding hydrogens is 140 g/mol. The number of nitrogens with zero attached hydrogens (tertiary/aromatic N) is 2. The average Bonchev–Trinajstić information content (AvgIpc) is 2.40. The van der Waals surface area contributed by atoms with Gasteiger partial charge in [0, 0.05) is 19.4 Å². The SMILES string of the molecule is C#CC(NN)c1nccn1C. The lowest BCUT2D eigenvalue weighted by Crippen LogP contribution is -2.28. The Bertz CT molecular complexity index is 270. The lowest BCUT2D eigenvalue weighted by Gasteiger charge is -2.07. The molecule has 0 aliphatic rings. The predicted molar refractivity (Wildman–Crippen MR) is 42.1 cm³/mol. The standard InChI is InChI=1S/C7H10N4/c1-3-6(10-8)7-9-4-5-11(7)2/h1,4-6,10H,8H2,2H3. The first-order valence-electron chi connectivity index (χ1n) is 3.19. The van der Waals surface area contributed by atoms with Gasteiger partial charge in [-0.3, -0.25) is 5.84 Å². The second-order valence-corrected chi connectivity index (χ2v) is 2.16. The second-order valence-electron chi connectivity index (χ2n) is 2.16. The van der Waals surface area contributed by atoms with E-state index in [-0.39, 0.29) is 6.04 Å². The first-order valence-corrected chi connectivity index (χ1v) is 3.19. The van der Waals surface area contributed by atoms with Crippen molar-refractivity contribution in [3.05, 3.63) is 18.2 Å².